The Hall–Kier alpha value is -2.41. The molecule has 3 amide bonds. The number of piperidine rings is 1. The van der Waals surface area contributed by atoms with Crippen LogP contribution in [0.5, 0.6) is 5.75 Å². The molecule has 28 heavy (non-hydrogen) atoms. The average molecular weight is 388 g/mol. The molecule has 1 aromatic rings. The van der Waals surface area contributed by atoms with Crippen LogP contribution in [0.2, 0.25) is 0 Å². The first-order valence-corrected chi connectivity index (χ1v) is 9.78. The van der Waals surface area contributed by atoms with Crippen molar-refractivity contribution in [2.45, 2.75) is 37.5 Å². The van der Waals surface area contributed by atoms with Crippen molar-refractivity contribution in [2.24, 2.45) is 0 Å². The molecule has 0 aromatic heterocycles. The molecular formula is C21H28N2O5. The van der Waals surface area contributed by atoms with E-state index in [9.17, 15) is 14.4 Å². The van der Waals surface area contributed by atoms with Gasteiger partial charge in [-0.3, -0.25) is 19.3 Å². The van der Waals surface area contributed by atoms with Gasteiger partial charge in [-0.25, -0.2) is 0 Å². The van der Waals surface area contributed by atoms with E-state index in [1.165, 1.54) is 12.0 Å². The van der Waals surface area contributed by atoms with Crippen LogP contribution >= 0.6 is 0 Å². The predicted molar refractivity (Wildman–Crippen MR) is 103 cm³/mol. The molecule has 2 saturated heterocycles. The Balaban J connectivity index is 1.95. The topological polar surface area (TPSA) is 76.2 Å². The van der Waals surface area contributed by atoms with Crippen molar-refractivity contribution in [3.8, 4) is 5.75 Å². The van der Waals surface area contributed by atoms with E-state index in [1.807, 2.05) is 4.90 Å². The lowest BCUT2D eigenvalue weighted by Crippen LogP contribution is -2.45. The zero-order valence-corrected chi connectivity index (χ0v) is 16.6. The molecule has 152 valence electrons. The van der Waals surface area contributed by atoms with Crippen LogP contribution < -0.4 is 4.74 Å². The largest absolute Gasteiger partial charge is 0.497 e. The summed E-state index contributed by atoms with van der Waals surface area (Å²) in [6, 6.07) is 7.13. The zero-order valence-electron chi connectivity index (χ0n) is 16.6. The van der Waals surface area contributed by atoms with Gasteiger partial charge in [-0.15, -0.1) is 0 Å². The Kier molecular flexibility index (Phi) is 6.34. The summed E-state index contributed by atoms with van der Waals surface area (Å²) in [6.45, 7) is 1.88. The lowest BCUT2D eigenvalue weighted by Gasteiger charge is -2.32. The lowest BCUT2D eigenvalue weighted by molar-refractivity contribution is -0.143. The molecule has 0 spiro atoms. The van der Waals surface area contributed by atoms with Crippen molar-refractivity contribution in [2.75, 3.05) is 40.5 Å². The van der Waals surface area contributed by atoms with Crippen LogP contribution in [-0.2, 0) is 24.5 Å². The minimum atomic E-state index is -1.19. The third kappa shape index (κ3) is 3.90. The summed E-state index contributed by atoms with van der Waals surface area (Å²) in [4.78, 5) is 42.2. The first-order valence-electron chi connectivity index (χ1n) is 9.78. The van der Waals surface area contributed by atoms with Gasteiger partial charge in [0, 0.05) is 33.0 Å². The number of ether oxygens (including phenoxy) is 2. The molecule has 1 aromatic carbocycles. The predicted octanol–water partition coefficient (Wildman–Crippen LogP) is 1.74. The molecule has 3 rings (SSSR count). The highest BCUT2D eigenvalue weighted by Gasteiger charge is 2.54. The van der Waals surface area contributed by atoms with Gasteiger partial charge < -0.3 is 14.4 Å². The maximum absolute atomic E-state index is 13.4. The molecule has 7 nitrogen and oxygen atoms in total. The van der Waals surface area contributed by atoms with Gasteiger partial charge in [0.1, 0.15) is 5.75 Å². The first kappa shape index (κ1) is 20.3. The fourth-order valence-electron chi connectivity index (χ4n) is 4.11. The lowest BCUT2D eigenvalue weighted by atomic mass is 9.75. The summed E-state index contributed by atoms with van der Waals surface area (Å²) < 4.78 is 10.4. The second-order valence-corrected chi connectivity index (χ2v) is 7.45. The van der Waals surface area contributed by atoms with E-state index >= 15 is 0 Å². The Morgan fingerprint density at radius 2 is 1.89 bits per heavy atom. The number of nitrogens with zero attached hydrogens (tertiary/aromatic N) is 2. The van der Waals surface area contributed by atoms with Crippen molar-refractivity contribution in [1.82, 2.24) is 9.80 Å². The summed E-state index contributed by atoms with van der Waals surface area (Å²) in [5.74, 6) is -0.0698. The summed E-state index contributed by atoms with van der Waals surface area (Å²) in [5, 5.41) is 0. The van der Waals surface area contributed by atoms with Gasteiger partial charge in [-0.05, 0) is 37.0 Å². The maximum Gasteiger partial charge on any atom is 0.240 e. The third-order valence-electron chi connectivity index (χ3n) is 5.71. The minimum absolute atomic E-state index is 0.00573. The molecular weight excluding hydrogens is 360 g/mol. The summed E-state index contributed by atoms with van der Waals surface area (Å²) in [5.41, 5.74) is -0.538. The first-order chi connectivity index (χ1) is 13.5. The molecule has 2 aliphatic rings. The van der Waals surface area contributed by atoms with E-state index in [0.29, 0.717) is 24.4 Å². The molecule has 2 aliphatic heterocycles. The van der Waals surface area contributed by atoms with Crippen LogP contribution in [0.15, 0.2) is 24.3 Å². The number of carbonyl (C=O) groups is 3. The van der Waals surface area contributed by atoms with Crippen LogP contribution in [0, 0.1) is 0 Å². The van der Waals surface area contributed by atoms with Crippen molar-refractivity contribution in [3.63, 3.8) is 0 Å². The Morgan fingerprint density at radius 3 is 2.57 bits per heavy atom. The highest BCUT2D eigenvalue weighted by atomic mass is 16.5. The number of imide groups is 1. The number of hydrogen-bond donors (Lipinski definition) is 0. The highest BCUT2D eigenvalue weighted by Crippen LogP contribution is 2.41. The number of methoxy groups -OCH3 is 2. The molecule has 2 heterocycles. The second-order valence-electron chi connectivity index (χ2n) is 7.45. The Bertz CT molecular complexity index is 744. The Labute approximate surface area is 165 Å². The third-order valence-corrected chi connectivity index (χ3v) is 5.71. The minimum Gasteiger partial charge on any atom is -0.497 e. The number of rotatable bonds is 7. The van der Waals surface area contributed by atoms with E-state index in [4.69, 9.17) is 9.47 Å². The van der Waals surface area contributed by atoms with Gasteiger partial charge in [0.25, 0.3) is 0 Å². The molecule has 0 N–H and O–H groups in total. The smallest absolute Gasteiger partial charge is 0.240 e. The van der Waals surface area contributed by atoms with Gasteiger partial charge >= 0.3 is 0 Å². The molecule has 1 atom stereocenters. The summed E-state index contributed by atoms with van der Waals surface area (Å²) in [6.07, 6.45) is 3.05. The number of likely N-dealkylation sites (tertiary alicyclic amines) is 2. The van der Waals surface area contributed by atoms with Crippen LogP contribution in [0.1, 0.15) is 37.7 Å². The molecule has 7 heteroatoms. The van der Waals surface area contributed by atoms with Gasteiger partial charge in [-0.1, -0.05) is 12.1 Å². The van der Waals surface area contributed by atoms with Crippen molar-refractivity contribution in [1.29, 1.82) is 0 Å². The van der Waals surface area contributed by atoms with Gasteiger partial charge in [-0.2, -0.15) is 0 Å². The van der Waals surface area contributed by atoms with Gasteiger partial charge in [0.05, 0.1) is 25.7 Å². The molecule has 1 unspecified atom stereocenters. The van der Waals surface area contributed by atoms with Crippen LogP contribution in [-0.4, -0.2) is 68.0 Å². The van der Waals surface area contributed by atoms with Crippen LogP contribution in [0.25, 0.3) is 0 Å². The van der Waals surface area contributed by atoms with Crippen molar-refractivity contribution in [3.05, 3.63) is 29.8 Å². The molecule has 0 aliphatic carbocycles. The maximum atomic E-state index is 13.4. The second kappa shape index (κ2) is 8.73. The normalized spacial score (nSPS) is 22.6. The highest BCUT2D eigenvalue weighted by molar-refractivity contribution is 6.10. The number of carbonyl (C=O) groups excluding carboxylic acids is 3. The van der Waals surface area contributed by atoms with E-state index < -0.39 is 5.41 Å². The van der Waals surface area contributed by atoms with Crippen LogP contribution in [0.4, 0.5) is 0 Å². The fraction of sp³-hybridized carbons (Fsp3) is 0.571. The quantitative estimate of drug-likeness (QED) is 0.665. The van der Waals surface area contributed by atoms with Gasteiger partial charge in [0.15, 0.2) is 0 Å². The van der Waals surface area contributed by atoms with E-state index in [1.54, 1.807) is 31.4 Å². The summed E-state index contributed by atoms with van der Waals surface area (Å²) in [7, 11) is 3.08. The zero-order chi connectivity index (χ0) is 20.1. The monoisotopic (exact) mass is 388 g/mol. The fourth-order valence-corrected chi connectivity index (χ4v) is 4.11. The molecule has 0 radical (unpaired) electrons. The number of benzene rings is 1. The Morgan fingerprint density at radius 1 is 1.14 bits per heavy atom. The number of amides is 3. The van der Waals surface area contributed by atoms with E-state index in [-0.39, 0.29) is 43.7 Å². The molecule has 2 fully saturated rings. The molecule has 0 saturated carbocycles. The summed E-state index contributed by atoms with van der Waals surface area (Å²) >= 11 is 0. The SMILES string of the molecule is COCCN1C(=O)CC(CC(=O)N2CCCCC2)(c2cccc(OC)c2)C1=O. The average Bonchev–Trinajstić information content (AvgIpc) is 2.97. The number of hydrogen-bond acceptors (Lipinski definition) is 5. The molecule has 0 bridgehead atoms. The van der Waals surface area contributed by atoms with Crippen LogP contribution in [0.3, 0.4) is 0 Å². The van der Waals surface area contributed by atoms with Crippen molar-refractivity contribution >= 4 is 17.7 Å². The van der Waals surface area contributed by atoms with E-state index in [2.05, 4.69) is 0 Å². The van der Waals surface area contributed by atoms with Gasteiger partial charge in [0.2, 0.25) is 17.7 Å². The standard InChI is InChI=1S/C21H28N2O5/c1-27-12-11-23-19(25)15-21(20(23)26,16-7-6-8-17(13-16)28-2)14-18(24)22-9-4-3-5-10-22/h6-8,13H,3-5,9-12,14-15H2,1-2H3. The van der Waals surface area contributed by atoms with Crippen molar-refractivity contribution < 1.29 is 23.9 Å². The van der Waals surface area contributed by atoms with E-state index in [0.717, 1.165) is 19.3 Å².